The van der Waals surface area contributed by atoms with Crippen molar-refractivity contribution in [3.05, 3.63) is 41.2 Å². The van der Waals surface area contributed by atoms with Crippen LogP contribution in [0.2, 0.25) is 0 Å². The Hall–Kier alpha value is -2.82. The zero-order chi connectivity index (χ0) is 19.1. The maximum absolute atomic E-state index is 9.42. The fraction of sp³-hybridized carbons (Fsp3) is 0.429. The van der Waals surface area contributed by atoms with Gasteiger partial charge in [0.05, 0.1) is 32.2 Å². The minimum Gasteiger partial charge on any atom is -0.495 e. The Morgan fingerprint density at radius 3 is 3.18 bits per heavy atom. The van der Waals surface area contributed by atoms with Gasteiger partial charge in [-0.15, -0.1) is 0 Å². The monoisotopic (exact) mass is 377 g/mol. The SMILES string of the molecule is COc1cnc(C#N)c(Nc2cc3c4c(c2)[C@@H]2CNCC[C@@H]2N4CCOC3)c1. The molecule has 3 aliphatic heterocycles. The molecule has 7 nitrogen and oxygen atoms in total. The summed E-state index contributed by atoms with van der Waals surface area (Å²) in [6.45, 7) is 4.39. The average Bonchev–Trinajstić information content (AvgIpc) is 2.89. The van der Waals surface area contributed by atoms with Gasteiger partial charge in [-0.3, -0.25) is 0 Å². The van der Waals surface area contributed by atoms with E-state index in [1.807, 2.05) is 6.07 Å². The van der Waals surface area contributed by atoms with Crippen molar-refractivity contribution in [2.24, 2.45) is 0 Å². The summed E-state index contributed by atoms with van der Waals surface area (Å²) in [5, 5.41) is 16.4. The minimum atomic E-state index is 0.349. The molecule has 0 amide bonds. The largest absolute Gasteiger partial charge is 0.495 e. The zero-order valence-corrected chi connectivity index (χ0v) is 15.9. The first kappa shape index (κ1) is 17.3. The van der Waals surface area contributed by atoms with Crippen LogP contribution in [0, 0.1) is 11.3 Å². The van der Waals surface area contributed by atoms with Gasteiger partial charge in [-0.2, -0.15) is 5.26 Å². The molecule has 0 bridgehead atoms. The molecular formula is C21H23N5O2. The quantitative estimate of drug-likeness (QED) is 0.850. The van der Waals surface area contributed by atoms with Crippen LogP contribution in [0.1, 0.15) is 29.2 Å². The Balaban J connectivity index is 1.57. The first-order valence-electron chi connectivity index (χ1n) is 9.71. The molecule has 4 heterocycles. The van der Waals surface area contributed by atoms with Crippen molar-refractivity contribution in [3.63, 3.8) is 0 Å². The number of rotatable bonds is 3. The Bertz CT molecular complexity index is 955. The van der Waals surface area contributed by atoms with Gasteiger partial charge in [0.25, 0.3) is 0 Å². The van der Waals surface area contributed by atoms with Gasteiger partial charge in [-0.25, -0.2) is 4.98 Å². The molecule has 1 fully saturated rings. The highest BCUT2D eigenvalue weighted by Crippen LogP contribution is 2.47. The highest BCUT2D eigenvalue weighted by atomic mass is 16.5. The van der Waals surface area contributed by atoms with E-state index in [0.717, 1.165) is 38.3 Å². The number of benzene rings is 1. The summed E-state index contributed by atoms with van der Waals surface area (Å²) in [5.41, 5.74) is 5.89. The number of ether oxygens (including phenoxy) is 2. The van der Waals surface area contributed by atoms with E-state index in [0.29, 0.717) is 35.7 Å². The van der Waals surface area contributed by atoms with Crippen LogP contribution in [-0.2, 0) is 11.3 Å². The molecular weight excluding hydrogens is 354 g/mol. The number of methoxy groups -OCH3 is 1. The van der Waals surface area contributed by atoms with Crippen molar-refractivity contribution < 1.29 is 9.47 Å². The van der Waals surface area contributed by atoms with Crippen LogP contribution in [0.5, 0.6) is 5.75 Å². The van der Waals surface area contributed by atoms with Gasteiger partial charge in [0.15, 0.2) is 5.69 Å². The van der Waals surface area contributed by atoms with Gasteiger partial charge in [-0.1, -0.05) is 0 Å². The molecule has 2 N–H and O–H groups in total. The van der Waals surface area contributed by atoms with E-state index in [1.54, 1.807) is 13.3 Å². The zero-order valence-electron chi connectivity index (χ0n) is 15.9. The minimum absolute atomic E-state index is 0.349. The van der Waals surface area contributed by atoms with E-state index in [2.05, 4.69) is 38.7 Å². The lowest BCUT2D eigenvalue weighted by atomic mass is 9.89. The van der Waals surface area contributed by atoms with Crippen molar-refractivity contribution in [1.82, 2.24) is 10.3 Å². The van der Waals surface area contributed by atoms with Crippen LogP contribution in [0.15, 0.2) is 24.4 Å². The normalized spacial score (nSPS) is 22.6. The Morgan fingerprint density at radius 1 is 1.39 bits per heavy atom. The first-order chi connectivity index (χ1) is 13.8. The summed E-state index contributed by atoms with van der Waals surface area (Å²) in [4.78, 5) is 6.75. The van der Waals surface area contributed by atoms with Crippen molar-refractivity contribution in [3.8, 4) is 11.8 Å². The van der Waals surface area contributed by atoms with E-state index in [4.69, 9.17) is 9.47 Å². The van der Waals surface area contributed by atoms with Crippen LogP contribution in [0.25, 0.3) is 0 Å². The molecule has 28 heavy (non-hydrogen) atoms. The van der Waals surface area contributed by atoms with E-state index < -0.39 is 0 Å². The van der Waals surface area contributed by atoms with Crippen molar-refractivity contribution in [1.29, 1.82) is 5.26 Å². The third-order valence-corrected chi connectivity index (χ3v) is 5.97. The molecule has 0 saturated carbocycles. The topological polar surface area (TPSA) is 82.4 Å². The van der Waals surface area contributed by atoms with E-state index in [1.165, 1.54) is 16.8 Å². The molecule has 0 radical (unpaired) electrons. The van der Waals surface area contributed by atoms with Gasteiger partial charge >= 0.3 is 0 Å². The molecule has 1 aromatic heterocycles. The maximum Gasteiger partial charge on any atom is 0.164 e. The van der Waals surface area contributed by atoms with E-state index in [-0.39, 0.29) is 0 Å². The Kier molecular flexibility index (Phi) is 4.30. The fourth-order valence-electron chi connectivity index (χ4n) is 4.75. The number of nitrogens with one attached hydrogen (secondary N) is 2. The molecule has 0 unspecified atom stereocenters. The second kappa shape index (κ2) is 6.97. The molecule has 2 aromatic rings. The molecule has 1 aromatic carbocycles. The van der Waals surface area contributed by atoms with Crippen molar-refractivity contribution in [2.45, 2.75) is 25.0 Å². The third-order valence-electron chi connectivity index (χ3n) is 5.97. The van der Waals surface area contributed by atoms with Crippen LogP contribution < -0.4 is 20.3 Å². The number of piperidine rings is 1. The van der Waals surface area contributed by atoms with E-state index >= 15 is 0 Å². The number of nitriles is 1. The van der Waals surface area contributed by atoms with Gasteiger partial charge in [0, 0.05) is 48.1 Å². The number of hydrogen-bond acceptors (Lipinski definition) is 7. The fourth-order valence-corrected chi connectivity index (χ4v) is 4.75. The molecule has 0 aliphatic carbocycles. The number of fused-ring (bicyclic) bond motifs is 3. The predicted octanol–water partition coefficient (Wildman–Crippen LogP) is 2.50. The number of hydrogen-bond donors (Lipinski definition) is 2. The van der Waals surface area contributed by atoms with Gasteiger partial charge in [0.2, 0.25) is 0 Å². The molecule has 7 heteroatoms. The second-order valence-electron chi connectivity index (χ2n) is 7.49. The molecule has 1 saturated heterocycles. The van der Waals surface area contributed by atoms with Gasteiger partial charge in [-0.05, 0) is 30.7 Å². The third kappa shape index (κ3) is 2.77. The first-order valence-corrected chi connectivity index (χ1v) is 9.71. The van der Waals surface area contributed by atoms with Crippen LogP contribution in [0.4, 0.5) is 17.1 Å². The Morgan fingerprint density at radius 2 is 2.32 bits per heavy atom. The molecule has 3 aliphatic rings. The number of pyridine rings is 1. The highest BCUT2D eigenvalue weighted by Gasteiger charge is 2.41. The van der Waals surface area contributed by atoms with Crippen LogP contribution >= 0.6 is 0 Å². The Labute approximate surface area is 164 Å². The standard InChI is InChI=1S/C21H23N5O2/c1-27-15-8-18(19(9-22)24-10-15)25-14-6-13-12-28-5-4-26-20-2-3-23-11-17(20)16(7-14)21(13)26/h6-8,10,17,20,23,25H,2-5,11-12H2,1H3/t17-,20-/m0/s1. The summed E-state index contributed by atoms with van der Waals surface area (Å²) >= 11 is 0. The van der Waals surface area contributed by atoms with Crippen molar-refractivity contribution in [2.75, 3.05) is 43.6 Å². The number of aromatic nitrogens is 1. The van der Waals surface area contributed by atoms with Crippen LogP contribution in [-0.4, -0.2) is 44.4 Å². The summed E-state index contributed by atoms with van der Waals surface area (Å²) in [5.74, 6) is 1.10. The highest BCUT2D eigenvalue weighted by molar-refractivity contribution is 5.75. The molecule has 144 valence electrons. The maximum atomic E-state index is 9.42. The lowest BCUT2D eigenvalue weighted by Crippen LogP contribution is -2.44. The lowest BCUT2D eigenvalue weighted by Gasteiger charge is -2.33. The lowest BCUT2D eigenvalue weighted by molar-refractivity contribution is 0.130. The summed E-state index contributed by atoms with van der Waals surface area (Å²) in [6, 6.07) is 8.87. The summed E-state index contributed by atoms with van der Waals surface area (Å²) in [6.07, 6.45) is 2.71. The smallest absolute Gasteiger partial charge is 0.164 e. The average molecular weight is 377 g/mol. The second-order valence-corrected chi connectivity index (χ2v) is 7.49. The molecule has 0 spiro atoms. The summed E-state index contributed by atoms with van der Waals surface area (Å²) in [7, 11) is 1.60. The van der Waals surface area contributed by atoms with Crippen LogP contribution in [0.3, 0.4) is 0 Å². The van der Waals surface area contributed by atoms with Gasteiger partial charge < -0.3 is 25.0 Å². The van der Waals surface area contributed by atoms with E-state index in [9.17, 15) is 5.26 Å². The number of nitrogens with zero attached hydrogens (tertiary/aromatic N) is 3. The molecule has 2 atom stereocenters. The van der Waals surface area contributed by atoms with Crippen molar-refractivity contribution >= 4 is 17.1 Å². The summed E-state index contributed by atoms with van der Waals surface area (Å²) < 4.78 is 11.2. The molecule has 5 rings (SSSR count). The van der Waals surface area contributed by atoms with Gasteiger partial charge in [0.1, 0.15) is 11.8 Å². The number of anilines is 3. The predicted molar refractivity (Wildman–Crippen MR) is 106 cm³/mol.